The van der Waals surface area contributed by atoms with Crippen LogP contribution in [0.5, 0.6) is 0 Å². The van der Waals surface area contributed by atoms with Crippen molar-refractivity contribution in [2.24, 2.45) is 0 Å². The number of halogens is 2. The molecular weight excluding hydrogens is 435 g/mol. The van der Waals surface area contributed by atoms with Crippen LogP contribution in [0.25, 0.3) is 0 Å². The molecule has 0 radical (unpaired) electrons. The minimum absolute atomic E-state index is 0.00936. The van der Waals surface area contributed by atoms with Crippen LogP contribution in [-0.4, -0.2) is 59.2 Å². The Morgan fingerprint density at radius 3 is 2.67 bits per heavy atom. The van der Waals surface area contributed by atoms with Gasteiger partial charge in [-0.2, -0.15) is 0 Å². The van der Waals surface area contributed by atoms with E-state index < -0.39 is 27.9 Å². The molecule has 1 aliphatic rings. The summed E-state index contributed by atoms with van der Waals surface area (Å²) in [5, 5.41) is -0.0242. The second-order valence-electron chi connectivity index (χ2n) is 6.71. The van der Waals surface area contributed by atoms with Crippen LogP contribution in [-0.2, 0) is 19.5 Å². The van der Waals surface area contributed by atoms with Crippen LogP contribution in [0.1, 0.15) is 22.0 Å². The highest BCUT2D eigenvalue weighted by atomic mass is 35.5. The van der Waals surface area contributed by atoms with Crippen molar-refractivity contribution in [2.75, 3.05) is 40.0 Å². The number of hydrogen-bond acceptors (Lipinski definition) is 6. The van der Waals surface area contributed by atoms with Crippen LogP contribution in [0.2, 0.25) is 5.02 Å². The van der Waals surface area contributed by atoms with Crippen molar-refractivity contribution in [3.63, 3.8) is 0 Å². The van der Waals surface area contributed by atoms with Crippen molar-refractivity contribution < 1.29 is 27.1 Å². The predicted octanol–water partition coefficient (Wildman–Crippen LogP) is 2.62. The number of morpholine rings is 1. The van der Waals surface area contributed by atoms with E-state index in [-0.39, 0.29) is 22.0 Å². The van der Waals surface area contributed by atoms with E-state index in [0.29, 0.717) is 31.9 Å². The molecule has 2 aromatic rings. The maximum Gasteiger partial charge on any atom is 0.337 e. The van der Waals surface area contributed by atoms with E-state index in [1.165, 1.54) is 37.4 Å². The molecule has 7 nitrogen and oxygen atoms in total. The maximum atomic E-state index is 13.8. The van der Waals surface area contributed by atoms with Gasteiger partial charge in [0.15, 0.2) is 0 Å². The summed E-state index contributed by atoms with van der Waals surface area (Å²) in [6, 6.07) is 9.54. The Balaban J connectivity index is 1.86. The average Bonchev–Trinajstić information content (AvgIpc) is 2.74. The summed E-state index contributed by atoms with van der Waals surface area (Å²) in [6.45, 7) is 2.17. The van der Waals surface area contributed by atoms with Crippen molar-refractivity contribution in [1.82, 2.24) is 9.62 Å². The van der Waals surface area contributed by atoms with Gasteiger partial charge in [-0.1, -0.05) is 23.7 Å². The molecule has 0 aliphatic carbocycles. The number of nitrogens with one attached hydrogen (secondary N) is 1. The van der Waals surface area contributed by atoms with Gasteiger partial charge in [0.2, 0.25) is 10.0 Å². The summed E-state index contributed by atoms with van der Waals surface area (Å²) in [6.07, 6.45) is 0. The number of carbonyl (C=O) groups is 1. The van der Waals surface area contributed by atoms with E-state index in [0.717, 1.165) is 0 Å². The molecule has 1 saturated heterocycles. The number of carbonyl (C=O) groups excluding carboxylic acids is 1. The highest BCUT2D eigenvalue weighted by Crippen LogP contribution is 2.26. The van der Waals surface area contributed by atoms with Gasteiger partial charge in [-0.3, -0.25) is 4.90 Å². The molecule has 30 heavy (non-hydrogen) atoms. The molecule has 3 rings (SSSR count). The lowest BCUT2D eigenvalue weighted by atomic mass is 10.0. The van der Waals surface area contributed by atoms with Crippen LogP contribution in [0, 0.1) is 5.82 Å². The zero-order valence-electron chi connectivity index (χ0n) is 16.3. The molecule has 2 aromatic carbocycles. The van der Waals surface area contributed by atoms with E-state index in [1.807, 2.05) is 4.90 Å². The van der Waals surface area contributed by atoms with Gasteiger partial charge < -0.3 is 9.47 Å². The molecule has 1 N–H and O–H groups in total. The Kier molecular flexibility index (Phi) is 7.43. The van der Waals surface area contributed by atoms with E-state index in [2.05, 4.69) is 9.46 Å². The molecule has 0 saturated carbocycles. The zero-order valence-corrected chi connectivity index (χ0v) is 17.9. The topological polar surface area (TPSA) is 84.9 Å². The number of hydrogen-bond donors (Lipinski definition) is 1. The Bertz CT molecular complexity index is 1010. The maximum absolute atomic E-state index is 13.8. The summed E-state index contributed by atoms with van der Waals surface area (Å²) < 4.78 is 52.2. The second kappa shape index (κ2) is 9.84. The molecule has 1 atom stereocenters. The Labute approximate surface area is 179 Å². The minimum Gasteiger partial charge on any atom is -0.465 e. The third-order valence-electron chi connectivity index (χ3n) is 4.83. The molecule has 162 valence electrons. The average molecular weight is 457 g/mol. The fraction of sp³-hybridized carbons (Fsp3) is 0.350. The first kappa shape index (κ1) is 22.6. The van der Waals surface area contributed by atoms with Crippen LogP contribution >= 0.6 is 11.6 Å². The number of sulfonamides is 1. The number of methoxy groups -OCH3 is 1. The standard InChI is InChI=1S/C20H22ClFN2O5S/c1-28-20(25)15-5-6-17(21)19(12-15)30(26,27)23-13-18(24-7-9-29-10-8-24)14-3-2-4-16(22)11-14/h2-6,11-12,18,23H,7-10,13H2,1H3. The molecule has 0 bridgehead atoms. The number of rotatable bonds is 7. The highest BCUT2D eigenvalue weighted by Gasteiger charge is 2.27. The SMILES string of the molecule is COC(=O)c1ccc(Cl)c(S(=O)(=O)NCC(c2cccc(F)c2)N2CCOCC2)c1. The largest absolute Gasteiger partial charge is 0.465 e. The quantitative estimate of drug-likeness (QED) is 0.645. The predicted molar refractivity (Wildman–Crippen MR) is 110 cm³/mol. The third kappa shape index (κ3) is 5.35. The van der Waals surface area contributed by atoms with E-state index in [4.69, 9.17) is 16.3 Å². The summed E-state index contributed by atoms with van der Waals surface area (Å²) in [7, 11) is -2.84. The van der Waals surface area contributed by atoms with Gasteiger partial charge >= 0.3 is 5.97 Å². The van der Waals surface area contributed by atoms with Crippen LogP contribution in [0.15, 0.2) is 47.4 Å². The van der Waals surface area contributed by atoms with Crippen molar-refractivity contribution in [3.8, 4) is 0 Å². The van der Waals surface area contributed by atoms with E-state index >= 15 is 0 Å². The lowest BCUT2D eigenvalue weighted by Crippen LogP contribution is -2.43. The molecule has 1 fully saturated rings. The zero-order chi connectivity index (χ0) is 21.7. The molecular formula is C20H22ClFN2O5S. The monoisotopic (exact) mass is 456 g/mol. The Morgan fingerprint density at radius 2 is 2.00 bits per heavy atom. The van der Waals surface area contributed by atoms with Crippen molar-refractivity contribution >= 4 is 27.6 Å². The van der Waals surface area contributed by atoms with Gasteiger partial charge in [0.1, 0.15) is 10.7 Å². The lowest BCUT2D eigenvalue weighted by molar-refractivity contribution is 0.0171. The minimum atomic E-state index is -4.05. The summed E-state index contributed by atoms with van der Waals surface area (Å²) in [4.78, 5) is 13.6. The Hall–Kier alpha value is -2.04. The Morgan fingerprint density at radius 1 is 1.27 bits per heavy atom. The number of esters is 1. The van der Waals surface area contributed by atoms with Gasteiger partial charge in [0.25, 0.3) is 0 Å². The van der Waals surface area contributed by atoms with Crippen molar-refractivity contribution in [2.45, 2.75) is 10.9 Å². The van der Waals surface area contributed by atoms with Gasteiger partial charge in [0, 0.05) is 25.7 Å². The van der Waals surface area contributed by atoms with Gasteiger partial charge in [-0.05, 0) is 35.9 Å². The number of nitrogens with zero attached hydrogens (tertiary/aromatic N) is 1. The first-order chi connectivity index (χ1) is 14.3. The number of benzene rings is 2. The van der Waals surface area contributed by atoms with Crippen LogP contribution < -0.4 is 4.72 Å². The molecule has 0 amide bonds. The first-order valence-electron chi connectivity index (χ1n) is 9.26. The van der Waals surface area contributed by atoms with Crippen LogP contribution in [0.4, 0.5) is 4.39 Å². The summed E-state index contributed by atoms with van der Waals surface area (Å²) >= 11 is 6.08. The third-order valence-corrected chi connectivity index (χ3v) is 6.73. The first-order valence-corrected chi connectivity index (χ1v) is 11.1. The van der Waals surface area contributed by atoms with Gasteiger partial charge in [-0.25, -0.2) is 22.3 Å². The van der Waals surface area contributed by atoms with Crippen molar-refractivity contribution in [3.05, 3.63) is 64.4 Å². The molecule has 1 unspecified atom stereocenters. The second-order valence-corrected chi connectivity index (χ2v) is 8.85. The fourth-order valence-electron chi connectivity index (χ4n) is 3.28. The smallest absolute Gasteiger partial charge is 0.337 e. The summed E-state index contributed by atoms with van der Waals surface area (Å²) in [5.74, 6) is -1.07. The van der Waals surface area contributed by atoms with Gasteiger partial charge in [0.05, 0.1) is 30.9 Å². The lowest BCUT2D eigenvalue weighted by Gasteiger charge is -2.35. The van der Waals surface area contributed by atoms with Gasteiger partial charge in [-0.15, -0.1) is 0 Å². The molecule has 10 heteroatoms. The fourth-order valence-corrected chi connectivity index (χ4v) is 4.84. The van der Waals surface area contributed by atoms with Crippen LogP contribution in [0.3, 0.4) is 0 Å². The molecule has 1 heterocycles. The van der Waals surface area contributed by atoms with E-state index in [9.17, 15) is 17.6 Å². The normalized spacial score (nSPS) is 16.2. The summed E-state index contributed by atoms with van der Waals surface area (Å²) in [5.41, 5.74) is 0.714. The van der Waals surface area contributed by atoms with E-state index in [1.54, 1.807) is 12.1 Å². The number of ether oxygens (including phenoxy) is 2. The molecule has 1 aliphatic heterocycles. The molecule has 0 spiro atoms. The van der Waals surface area contributed by atoms with Crippen molar-refractivity contribution in [1.29, 1.82) is 0 Å². The molecule has 0 aromatic heterocycles. The highest BCUT2D eigenvalue weighted by molar-refractivity contribution is 7.89.